The minimum Gasteiger partial charge on any atom is -0.375 e. The SMILES string of the molecule is CN(C(=O)NCc1ccccc1)N1CC(=O)N2[C@@H](Cc3cnc[nH]3)C(=O)N(Cc3cccc4sc(N)nc34)C[C@@H]21. The number of nitrogen functional groups attached to an aromatic ring is 1. The third-order valence-corrected chi connectivity index (χ3v) is 8.23. The zero-order chi connectivity index (χ0) is 27.8. The lowest BCUT2D eigenvalue weighted by atomic mass is 10.0. The summed E-state index contributed by atoms with van der Waals surface area (Å²) in [4.78, 5) is 55.4. The summed E-state index contributed by atoms with van der Waals surface area (Å²) in [5.74, 6) is -0.378. The van der Waals surface area contributed by atoms with Crippen molar-refractivity contribution in [3.63, 3.8) is 0 Å². The van der Waals surface area contributed by atoms with Gasteiger partial charge in [0.05, 0.1) is 29.6 Å². The maximum atomic E-state index is 13.9. The molecule has 4 aromatic rings. The summed E-state index contributed by atoms with van der Waals surface area (Å²) in [5.41, 5.74) is 9.32. The van der Waals surface area contributed by atoms with E-state index in [0.717, 1.165) is 27.0 Å². The van der Waals surface area contributed by atoms with Crippen LogP contribution in [-0.2, 0) is 29.1 Å². The van der Waals surface area contributed by atoms with E-state index in [-0.39, 0.29) is 37.4 Å². The number of anilines is 1. The van der Waals surface area contributed by atoms with Crippen molar-refractivity contribution >= 4 is 44.5 Å². The number of urea groups is 1. The average molecular weight is 560 g/mol. The van der Waals surface area contributed by atoms with E-state index in [1.807, 2.05) is 48.5 Å². The minimum absolute atomic E-state index is 0.0152. The number of para-hydroxylation sites is 1. The fourth-order valence-electron chi connectivity index (χ4n) is 5.42. The van der Waals surface area contributed by atoms with Crippen LogP contribution in [0.1, 0.15) is 16.8 Å². The monoisotopic (exact) mass is 559 g/mol. The van der Waals surface area contributed by atoms with Gasteiger partial charge in [-0.05, 0) is 17.2 Å². The van der Waals surface area contributed by atoms with Crippen molar-refractivity contribution in [1.29, 1.82) is 0 Å². The van der Waals surface area contributed by atoms with E-state index in [4.69, 9.17) is 5.73 Å². The molecule has 2 aliphatic rings. The first-order chi connectivity index (χ1) is 19.4. The topological polar surface area (TPSA) is 144 Å². The number of carbonyl (C=O) groups excluding carboxylic acids is 3. The Hall–Kier alpha value is -4.49. The zero-order valence-corrected chi connectivity index (χ0v) is 22.7. The Morgan fingerprint density at radius 2 is 2.02 bits per heavy atom. The largest absolute Gasteiger partial charge is 0.375 e. The van der Waals surface area contributed by atoms with Gasteiger partial charge in [0, 0.05) is 38.4 Å². The van der Waals surface area contributed by atoms with Gasteiger partial charge < -0.3 is 25.8 Å². The van der Waals surface area contributed by atoms with Crippen molar-refractivity contribution in [3.05, 3.63) is 77.9 Å². The van der Waals surface area contributed by atoms with Crippen molar-refractivity contribution in [2.24, 2.45) is 0 Å². The summed E-state index contributed by atoms with van der Waals surface area (Å²) in [5, 5.41) is 6.55. The number of hydrazine groups is 1. The van der Waals surface area contributed by atoms with Crippen LogP contribution in [-0.4, -0.2) is 85.0 Å². The van der Waals surface area contributed by atoms with Gasteiger partial charge in [0.15, 0.2) is 5.13 Å². The molecule has 40 heavy (non-hydrogen) atoms. The molecule has 2 atom stereocenters. The second kappa shape index (κ2) is 10.6. The fourth-order valence-corrected chi connectivity index (χ4v) is 6.20. The number of nitrogens with two attached hydrogens (primary N) is 1. The van der Waals surface area contributed by atoms with Crippen LogP contribution < -0.4 is 11.1 Å². The second-order valence-corrected chi connectivity index (χ2v) is 10.9. The lowest BCUT2D eigenvalue weighted by Crippen LogP contribution is -2.65. The Morgan fingerprint density at radius 1 is 1.20 bits per heavy atom. The molecule has 4 heterocycles. The third-order valence-electron chi connectivity index (χ3n) is 7.38. The molecule has 206 valence electrons. The van der Waals surface area contributed by atoms with Gasteiger partial charge >= 0.3 is 6.03 Å². The van der Waals surface area contributed by atoms with Crippen LogP contribution in [0, 0.1) is 0 Å². The summed E-state index contributed by atoms with van der Waals surface area (Å²) in [7, 11) is 1.64. The van der Waals surface area contributed by atoms with Crippen molar-refractivity contribution in [1.82, 2.24) is 40.1 Å². The highest BCUT2D eigenvalue weighted by Crippen LogP contribution is 2.32. The Bertz CT molecular complexity index is 1540. The van der Waals surface area contributed by atoms with Crippen LogP contribution in [0.25, 0.3) is 10.2 Å². The normalized spacial score (nSPS) is 19.3. The molecule has 0 saturated carbocycles. The Kier molecular flexibility index (Phi) is 6.82. The van der Waals surface area contributed by atoms with Crippen LogP contribution in [0.4, 0.5) is 9.93 Å². The van der Waals surface area contributed by atoms with E-state index in [0.29, 0.717) is 18.2 Å². The van der Waals surface area contributed by atoms with E-state index >= 15 is 0 Å². The van der Waals surface area contributed by atoms with Gasteiger partial charge in [0.1, 0.15) is 12.2 Å². The number of hydrogen-bond acceptors (Lipinski definition) is 8. The van der Waals surface area contributed by atoms with Crippen LogP contribution in [0.3, 0.4) is 0 Å². The van der Waals surface area contributed by atoms with Crippen molar-refractivity contribution in [3.8, 4) is 0 Å². The predicted octanol–water partition coefficient (Wildman–Crippen LogP) is 1.78. The number of nitrogens with one attached hydrogen (secondary N) is 2. The van der Waals surface area contributed by atoms with Crippen LogP contribution in [0.2, 0.25) is 0 Å². The standard InChI is InChI=1S/C27H29N9O3S/c1-33(27(39)30-11-17-6-3-2-4-7-17)35-15-23(37)36-20(10-19-12-29-16-31-19)25(38)34(14-22(35)36)13-18-8-5-9-21-24(18)32-26(28)40-21/h2-9,12,16,20,22H,10-11,13-15H2,1H3,(H2,28,32)(H,29,31)(H,30,39)/t20-,22+/m0/s1. The van der Waals surface area contributed by atoms with Crippen LogP contribution in [0.15, 0.2) is 61.1 Å². The summed E-state index contributed by atoms with van der Waals surface area (Å²) in [6, 6.07) is 14.3. The summed E-state index contributed by atoms with van der Waals surface area (Å²) in [6.45, 7) is 0.873. The van der Waals surface area contributed by atoms with E-state index < -0.39 is 12.2 Å². The number of thiazole rings is 1. The zero-order valence-electron chi connectivity index (χ0n) is 21.9. The number of amides is 4. The molecular formula is C27H29N9O3S. The lowest BCUT2D eigenvalue weighted by Gasteiger charge is -2.45. The Labute approximate surface area is 234 Å². The maximum Gasteiger partial charge on any atom is 0.332 e. The molecular weight excluding hydrogens is 530 g/mol. The molecule has 4 N–H and O–H groups in total. The molecule has 12 nitrogen and oxygen atoms in total. The molecule has 0 aliphatic carbocycles. The van der Waals surface area contributed by atoms with E-state index in [2.05, 4.69) is 20.3 Å². The second-order valence-electron chi connectivity index (χ2n) is 9.88. The van der Waals surface area contributed by atoms with Crippen molar-refractivity contribution < 1.29 is 14.4 Å². The Balaban J connectivity index is 1.27. The molecule has 2 aromatic heterocycles. The van der Waals surface area contributed by atoms with Crippen molar-refractivity contribution in [2.45, 2.75) is 31.7 Å². The number of carbonyl (C=O) groups is 3. The van der Waals surface area contributed by atoms with E-state index in [1.165, 1.54) is 16.3 Å². The number of fused-ring (bicyclic) bond motifs is 2. The first-order valence-corrected chi connectivity index (χ1v) is 13.7. The summed E-state index contributed by atoms with van der Waals surface area (Å²) >= 11 is 1.40. The summed E-state index contributed by atoms with van der Waals surface area (Å²) < 4.78 is 0.947. The number of aromatic nitrogens is 3. The maximum absolute atomic E-state index is 13.9. The van der Waals surface area contributed by atoms with Gasteiger partial charge in [0.25, 0.3) is 0 Å². The molecule has 2 saturated heterocycles. The number of aromatic amines is 1. The number of imidazole rings is 1. The molecule has 4 amide bonds. The first-order valence-electron chi connectivity index (χ1n) is 12.9. The first kappa shape index (κ1) is 25.8. The molecule has 2 fully saturated rings. The smallest absolute Gasteiger partial charge is 0.332 e. The fraction of sp³-hybridized carbons (Fsp3) is 0.296. The van der Waals surface area contributed by atoms with Gasteiger partial charge in [-0.1, -0.05) is 53.8 Å². The van der Waals surface area contributed by atoms with Crippen LogP contribution >= 0.6 is 11.3 Å². The van der Waals surface area contributed by atoms with Gasteiger partial charge in [0.2, 0.25) is 11.8 Å². The summed E-state index contributed by atoms with van der Waals surface area (Å²) in [6.07, 6.45) is 2.96. The molecule has 0 radical (unpaired) electrons. The number of hydrogen-bond donors (Lipinski definition) is 3. The number of benzene rings is 2. The predicted molar refractivity (Wildman–Crippen MR) is 149 cm³/mol. The highest BCUT2D eigenvalue weighted by atomic mass is 32.1. The van der Waals surface area contributed by atoms with Gasteiger partial charge in [-0.3, -0.25) is 14.6 Å². The molecule has 6 rings (SSSR count). The molecule has 2 aromatic carbocycles. The highest BCUT2D eigenvalue weighted by Gasteiger charge is 2.51. The highest BCUT2D eigenvalue weighted by molar-refractivity contribution is 7.22. The number of rotatable bonds is 7. The van der Waals surface area contributed by atoms with E-state index in [9.17, 15) is 14.4 Å². The number of H-pyrrole nitrogens is 1. The van der Waals surface area contributed by atoms with Crippen LogP contribution in [0.5, 0.6) is 0 Å². The van der Waals surface area contributed by atoms with Crippen molar-refractivity contribution in [2.75, 3.05) is 25.9 Å². The molecule has 2 aliphatic heterocycles. The molecule has 13 heteroatoms. The third kappa shape index (κ3) is 4.84. The molecule has 0 unspecified atom stereocenters. The number of nitrogens with zero attached hydrogens (tertiary/aromatic N) is 6. The molecule has 0 bridgehead atoms. The molecule has 0 spiro atoms. The lowest BCUT2D eigenvalue weighted by molar-refractivity contribution is -0.157. The van der Waals surface area contributed by atoms with Gasteiger partial charge in [-0.2, -0.15) is 5.01 Å². The minimum atomic E-state index is -0.753. The van der Waals surface area contributed by atoms with Gasteiger partial charge in [-0.25, -0.2) is 14.8 Å². The van der Waals surface area contributed by atoms with Gasteiger partial charge in [-0.15, -0.1) is 0 Å². The van der Waals surface area contributed by atoms with E-state index in [1.54, 1.807) is 34.4 Å². The average Bonchev–Trinajstić information content (AvgIpc) is 3.68. The Morgan fingerprint density at radius 3 is 2.80 bits per heavy atom. The number of piperazine rings is 1. The quantitative estimate of drug-likeness (QED) is 0.313.